The predicted molar refractivity (Wildman–Crippen MR) is 86.1 cm³/mol. The summed E-state index contributed by atoms with van der Waals surface area (Å²) in [4.78, 5) is 16.9. The number of primary amides is 1. The van der Waals surface area contributed by atoms with E-state index >= 15 is 0 Å². The van der Waals surface area contributed by atoms with E-state index in [1.165, 1.54) is 0 Å². The number of carbonyl (C=O) groups excluding carboxylic acids is 1. The van der Waals surface area contributed by atoms with Crippen LogP contribution in [0.5, 0.6) is 0 Å². The molecule has 0 aromatic carbocycles. The third kappa shape index (κ3) is 3.25. The molecule has 1 saturated carbocycles. The lowest BCUT2D eigenvalue weighted by atomic mass is 9.84. The van der Waals surface area contributed by atoms with Gasteiger partial charge in [0.2, 0.25) is 5.91 Å². The average Bonchev–Trinajstić information content (AvgIpc) is 2.86. The van der Waals surface area contributed by atoms with Crippen LogP contribution in [0, 0.1) is 5.92 Å². The fourth-order valence-electron chi connectivity index (χ4n) is 4.28. The molecule has 1 aliphatic heterocycles. The highest BCUT2D eigenvalue weighted by atomic mass is 16.1. The largest absolute Gasteiger partial charge is 0.368 e. The van der Waals surface area contributed by atoms with Crippen molar-refractivity contribution in [2.24, 2.45) is 11.7 Å². The number of nitrogens with two attached hydrogens (primary N) is 1. The number of likely N-dealkylation sites (N-methyl/N-ethyl adjacent to an activating group) is 2. The van der Waals surface area contributed by atoms with E-state index in [1.54, 1.807) is 0 Å². The highest BCUT2D eigenvalue weighted by molar-refractivity contribution is 5.85. The number of rotatable bonds is 5. The standard InChI is InChI=1S/C16H32N4O/c1-12-10-20(11-13(2)19(12)4)9-7-14-6-5-8-16(14,18-3)15(17)21/h12-14,18H,5-11H2,1-4H3,(H2,17,21). The minimum Gasteiger partial charge on any atom is -0.368 e. The molecule has 0 spiro atoms. The number of hydrogen-bond donors (Lipinski definition) is 2. The summed E-state index contributed by atoms with van der Waals surface area (Å²) in [5, 5.41) is 3.24. The normalized spacial score (nSPS) is 38.8. The second kappa shape index (κ2) is 6.63. The van der Waals surface area contributed by atoms with Crippen molar-refractivity contribution in [1.29, 1.82) is 0 Å². The number of nitrogens with one attached hydrogen (secondary N) is 1. The van der Waals surface area contributed by atoms with E-state index in [0.717, 1.165) is 45.3 Å². The highest BCUT2D eigenvalue weighted by Gasteiger charge is 2.46. The second-order valence-corrected chi connectivity index (χ2v) is 7.09. The number of carbonyl (C=O) groups is 1. The van der Waals surface area contributed by atoms with Gasteiger partial charge in [-0.15, -0.1) is 0 Å². The second-order valence-electron chi connectivity index (χ2n) is 7.09. The minimum atomic E-state index is -0.468. The van der Waals surface area contributed by atoms with Gasteiger partial charge in [-0.05, 0) is 59.7 Å². The first-order valence-corrected chi connectivity index (χ1v) is 8.34. The van der Waals surface area contributed by atoms with Crippen molar-refractivity contribution >= 4 is 5.91 Å². The molecule has 0 aromatic rings. The van der Waals surface area contributed by atoms with Crippen LogP contribution in [0.15, 0.2) is 0 Å². The van der Waals surface area contributed by atoms with Crippen molar-refractivity contribution in [3.63, 3.8) is 0 Å². The molecule has 5 nitrogen and oxygen atoms in total. The summed E-state index contributed by atoms with van der Waals surface area (Å²) in [5.74, 6) is 0.206. The van der Waals surface area contributed by atoms with Crippen molar-refractivity contribution in [2.45, 2.75) is 57.2 Å². The fraction of sp³-hybridized carbons (Fsp3) is 0.938. The van der Waals surface area contributed by atoms with E-state index in [-0.39, 0.29) is 5.91 Å². The molecule has 2 fully saturated rings. The topological polar surface area (TPSA) is 61.6 Å². The minimum absolute atomic E-state index is 0.174. The zero-order chi connectivity index (χ0) is 15.6. The number of nitrogens with zero attached hydrogens (tertiary/aromatic N) is 2. The van der Waals surface area contributed by atoms with Crippen LogP contribution in [0.25, 0.3) is 0 Å². The Labute approximate surface area is 129 Å². The van der Waals surface area contributed by atoms with Crippen LogP contribution >= 0.6 is 0 Å². The molecule has 4 unspecified atom stereocenters. The molecule has 3 N–H and O–H groups in total. The molecular formula is C16H32N4O. The maximum Gasteiger partial charge on any atom is 0.238 e. The Morgan fingerprint density at radius 1 is 1.33 bits per heavy atom. The maximum atomic E-state index is 11.9. The summed E-state index contributed by atoms with van der Waals surface area (Å²) in [6, 6.07) is 1.20. The van der Waals surface area contributed by atoms with Gasteiger partial charge < -0.3 is 16.0 Å². The third-order valence-corrected chi connectivity index (χ3v) is 5.94. The van der Waals surface area contributed by atoms with E-state index < -0.39 is 5.54 Å². The molecule has 21 heavy (non-hydrogen) atoms. The van der Waals surface area contributed by atoms with Gasteiger partial charge in [0.15, 0.2) is 0 Å². The number of amides is 1. The molecule has 2 rings (SSSR count). The fourth-order valence-corrected chi connectivity index (χ4v) is 4.28. The van der Waals surface area contributed by atoms with Crippen LogP contribution in [0.2, 0.25) is 0 Å². The first-order valence-electron chi connectivity index (χ1n) is 8.34. The Hall–Kier alpha value is -0.650. The summed E-state index contributed by atoms with van der Waals surface area (Å²) < 4.78 is 0. The van der Waals surface area contributed by atoms with E-state index in [0.29, 0.717) is 18.0 Å². The Balaban J connectivity index is 1.92. The Bertz CT molecular complexity index is 363. The summed E-state index contributed by atoms with van der Waals surface area (Å²) in [7, 11) is 4.09. The lowest BCUT2D eigenvalue weighted by Gasteiger charge is -2.43. The van der Waals surface area contributed by atoms with Crippen LogP contribution in [0.1, 0.15) is 39.5 Å². The van der Waals surface area contributed by atoms with Gasteiger partial charge in [-0.1, -0.05) is 6.42 Å². The summed E-state index contributed by atoms with van der Waals surface area (Å²) in [6.07, 6.45) is 4.17. The van der Waals surface area contributed by atoms with Gasteiger partial charge in [0, 0.05) is 25.2 Å². The monoisotopic (exact) mass is 296 g/mol. The first kappa shape index (κ1) is 16.7. The van der Waals surface area contributed by atoms with Gasteiger partial charge in [-0.25, -0.2) is 0 Å². The van der Waals surface area contributed by atoms with Crippen LogP contribution < -0.4 is 11.1 Å². The third-order valence-electron chi connectivity index (χ3n) is 5.94. The van der Waals surface area contributed by atoms with Gasteiger partial charge in [-0.2, -0.15) is 0 Å². The summed E-state index contributed by atoms with van der Waals surface area (Å²) >= 11 is 0. The maximum absolute atomic E-state index is 11.9. The van der Waals surface area contributed by atoms with Gasteiger partial charge in [0.1, 0.15) is 5.54 Å². The molecule has 2 aliphatic rings. The van der Waals surface area contributed by atoms with E-state index in [2.05, 4.69) is 36.0 Å². The summed E-state index contributed by atoms with van der Waals surface area (Å²) in [5.41, 5.74) is 5.21. The molecular weight excluding hydrogens is 264 g/mol. The molecule has 0 radical (unpaired) electrons. The van der Waals surface area contributed by atoms with Crippen molar-refractivity contribution in [3.05, 3.63) is 0 Å². The quantitative estimate of drug-likeness (QED) is 0.782. The number of hydrogen-bond acceptors (Lipinski definition) is 4. The zero-order valence-electron chi connectivity index (χ0n) is 14.1. The smallest absolute Gasteiger partial charge is 0.238 e. The van der Waals surface area contributed by atoms with Gasteiger partial charge in [0.25, 0.3) is 0 Å². The lowest BCUT2D eigenvalue weighted by molar-refractivity contribution is -0.125. The zero-order valence-corrected chi connectivity index (χ0v) is 14.1. The Morgan fingerprint density at radius 2 is 1.95 bits per heavy atom. The molecule has 0 aromatic heterocycles. The average molecular weight is 296 g/mol. The van der Waals surface area contributed by atoms with Crippen LogP contribution in [0.3, 0.4) is 0 Å². The van der Waals surface area contributed by atoms with Crippen LogP contribution in [-0.2, 0) is 4.79 Å². The molecule has 4 atom stereocenters. The highest BCUT2D eigenvalue weighted by Crippen LogP contribution is 2.37. The van der Waals surface area contributed by atoms with Gasteiger partial charge in [-0.3, -0.25) is 9.69 Å². The van der Waals surface area contributed by atoms with Crippen molar-refractivity contribution in [1.82, 2.24) is 15.1 Å². The molecule has 5 heteroatoms. The molecule has 0 bridgehead atoms. The molecule has 1 aliphatic carbocycles. The Morgan fingerprint density at radius 3 is 2.48 bits per heavy atom. The molecule has 1 amide bonds. The molecule has 1 heterocycles. The van der Waals surface area contributed by atoms with Crippen molar-refractivity contribution in [3.8, 4) is 0 Å². The van der Waals surface area contributed by atoms with Crippen molar-refractivity contribution < 1.29 is 4.79 Å². The Kier molecular flexibility index (Phi) is 5.28. The van der Waals surface area contributed by atoms with E-state index in [1.807, 2.05) is 7.05 Å². The molecule has 122 valence electrons. The SMILES string of the molecule is CNC1(C(N)=O)CCCC1CCN1CC(C)N(C)C(C)C1. The van der Waals surface area contributed by atoms with E-state index in [9.17, 15) is 4.79 Å². The lowest BCUT2D eigenvalue weighted by Crippen LogP contribution is -2.58. The summed E-state index contributed by atoms with van der Waals surface area (Å²) in [6.45, 7) is 7.90. The van der Waals surface area contributed by atoms with Crippen LogP contribution in [0.4, 0.5) is 0 Å². The predicted octanol–water partition coefficient (Wildman–Crippen LogP) is 0.645. The first-order chi connectivity index (χ1) is 9.90. The van der Waals surface area contributed by atoms with Crippen molar-refractivity contribution in [2.75, 3.05) is 33.7 Å². The van der Waals surface area contributed by atoms with Gasteiger partial charge >= 0.3 is 0 Å². The van der Waals surface area contributed by atoms with E-state index in [4.69, 9.17) is 5.73 Å². The van der Waals surface area contributed by atoms with Gasteiger partial charge in [0.05, 0.1) is 0 Å². The molecule has 1 saturated heterocycles. The van der Waals surface area contributed by atoms with Crippen LogP contribution in [-0.4, -0.2) is 67.1 Å². The number of piperazine rings is 1.